The van der Waals surface area contributed by atoms with Crippen LogP contribution in [0.3, 0.4) is 0 Å². The van der Waals surface area contributed by atoms with Crippen molar-refractivity contribution in [1.82, 2.24) is 0 Å². The molecule has 41 heavy (non-hydrogen) atoms. The topological polar surface area (TPSA) is 155 Å². The number of rotatable bonds is 6. The van der Waals surface area contributed by atoms with Gasteiger partial charge in [-0.15, -0.1) is 0 Å². The molecule has 10 atom stereocenters. The number of aliphatic hydroxyl groups is 1. The zero-order valence-electron chi connectivity index (χ0n) is 24.8. The molecule has 0 aromatic rings. The summed E-state index contributed by atoms with van der Waals surface area (Å²) < 4.78 is 29.7. The molecular weight excluding hydrogens is 536 g/mol. The molecule has 2 fully saturated rings. The van der Waals surface area contributed by atoms with Crippen LogP contribution in [0, 0.1) is 17.3 Å². The molecule has 4 aliphatic rings. The van der Waals surface area contributed by atoms with Gasteiger partial charge in [-0.05, 0) is 39.7 Å². The third-order valence-electron chi connectivity index (χ3n) is 9.11. The molecule has 0 radical (unpaired) electrons. The summed E-state index contributed by atoms with van der Waals surface area (Å²) in [5.41, 5.74) is -3.30. The molecule has 0 saturated carbocycles. The second-order valence-electron chi connectivity index (χ2n) is 12.1. The first-order valence-electron chi connectivity index (χ1n) is 14.0. The Bertz CT molecular complexity index is 1220. The SMILES string of the molecule is CCCC(=O)[C@@H]1C/C(C)=C\[C@@H]2OC(=O)[C@]3(C)O[C@]23[C@H](OC(C)=O)[C@H]2C(C)=C[C@@H](O)[C@H](OC(C)=O)[C@]2(C)[C@H]1OC(C)=O. The van der Waals surface area contributed by atoms with Crippen molar-refractivity contribution in [3.63, 3.8) is 0 Å². The van der Waals surface area contributed by atoms with Crippen LogP contribution in [0.25, 0.3) is 0 Å². The van der Waals surface area contributed by atoms with E-state index in [4.69, 9.17) is 23.7 Å². The number of Topliss-reactive ketones (excluding diaryl/α,β-unsaturated/α-hetero) is 1. The van der Waals surface area contributed by atoms with Crippen LogP contribution in [0.15, 0.2) is 23.3 Å². The Labute approximate surface area is 239 Å². The maximum absolute atomic E-state index is 13.8. The van der Waals surface area contributed by atoms with Crippen molar-refractivity contribution < 1.29 is 52.8 Å². The molecule has 11 nitrogen and oxygen atoms in total. The quantitative estimate of drug-likeness (QED) is 0.215. The van der Waals surface area contributed by atoms with Crippen molar-refractivity contribution in [1.29, 1.82) is 0 Å². The lowest BCUT2D eigenvalue weighted by Crippen LogP contribution is -2.66. The second kappa shape index (κ2) is 10.7. The van der Waals surface area contributed by atoms with Crippen LogP contribution in [0.5, 0.6) is 0 Å². The van der Waals surface area contributed by atoms with Crippen molar-refractivity contribution in [3.8, 4) is 0 Å². The highest BCUT2D eigenvalue weighted by molar-refractivity contribution is 5.89. The van der Waals surface area contributed by atoms with Crippen molar-refractivity contribution in [3.05, 3.63) is 23.3 Å². The van der Waals surface area contributed by atoms with Gasteiger partial charge >= 0.3 is 23.9 Å². The molecule has 1 N–H and O–H groups in total. The van der Waals surface area contributed by atoms with Gasteiger partial charge in [0.1, 0.15) is 30.2 Å². The number of carbonyl (C=O) groups is 5. The van der Waals surface area contributed by atoms with Gasteiger partial charge in [0.05, 0.1) is 11.3 Å². The Hall–Kier alpha value is -3.05. The minimum absolute atomic E-state index is 0.129. The summed E-state index contributed by atoms with van der Waals surface area (Å²) in [7, 11) is 0. The zero-order chi connectivity index (χ0) is 30.7. The fourth-order valence-electron chi connectivity index (χ4n) is 7.48. The fraction of sp³-hybridized carbons (Fsp3) is 0.700. The first-order chi connectivity index (χ1) is 19.0. The van der Waals surface area contributed by atoms with Crippen molar-refractivity contribution in [2.24, 2.45) is 17.3 Å². The number of carbonyl (C=O) groups excluding carboxylic acids is 5. The van der Waals surface area contributed by atoms with Crippen LogP contribution in [0.1, 0.15) is 74.7 Å². The second-order valence-corrected chi connectivity index (χ2v) is 12.1. The highest BCUT2D eigenvalue weighted by Gasteiger charge is 2.87. The van der Waals surface area contributed by atoms with Gasteiger partial charge in [0.15, 0.2) is 17.3 Å². The molecule has 0 amide bonds. The monoisotopic (exact) mass is 576 g/mol. The maximum Gasteiger partial charge on any atom is 0.342 e. The summed E-state index contributed by atoms with van der Waals surface area (Å²) in [5.74, 6) is -4.76. The number of ketones is 1. The van der Waals surface area contributed by atoms with Gasteiger partial charge in [-0.25, -0.2) is 4.79 Å². The third-order valence-corrected chi connectivity index (χ3v) is 9.11. The van der Waals surface area contributed by atoms with Crippen molar-refractivity contribution in [2.75, 3.05) is 0 Å². The summed E-state index contributed by atoms with van der Waals surface area (Å²) in [6.07, 6.45) is -2.06. The molecule has 4 rings (SSSR count). The van der Waals surface area contributed by atoms with E-state index in [2.05, 4.69) is 0 Å². The standard InChI is InChI=1S/C30H40O11/c1-9-10-20(34)19-11-14(2)12-22-30(29(8,41-30)27(36)40-22)26(39-18(6)33)23-15(3)13-21(35)25(38-17(5)32)28(23,7)24(19)37-16(4)31/h12-13,19,21-26,35H,9-11H2,1-8H3/b14-12-/t19-,21+,22-,23+,24-,25-,26+,28-,29-,30-/m0/s1. The summed E-state index contributed by atoms with van der Waals surface area (Å²) in [6.45, 7) is 12.2. The van der Waals surface area contributed by atoms with E-state index in [1.807, 2.05) is 6.92 Å². The Morgan fingerprint density at radius 1 is 0.951 bits per heavy atom. The van der Waals surface area contributed by atoms with Crippen LogP contribution >= 0.6 is 0 Å². The number of allylic oxidation sites excluding steroid dienone is 1. The van der Waals surface area contributed by atoms with Crippen molar-refractivity contribution in [2.45, 2.75) is 116 Å². The van der Waals surface area contributed by atoms with Crippen LogP contribution in [-0.2, 0) is 47.7 Å². The predicted octanol–water partition coefficient (Wildman–Crippen LogP) is 2.51. The molecule has 226 valence electrons. The average Bonchev–Trinajstić information content (AvgIpc) is 3.43. The Balaban J connectivity index is 2.10. The van der Waals surface area contributed by atoms with E-state index >= 15 is 0 Å². The number of epoxide rings is 1. The summed E-state index contributed by atoms with van der Waals surface area (Å²) >= 11 is 0. The lowest BCUT2D eigenvalue weighted by molar-refractivity contribution is -0.214. The van der Waals surface area contributed by atoms with Crippen LogP contribution in [0.4, 0.5) is 0 Å². The first kappa shape index (κ1) is 30.9. The minimum Gasteiger partial charge on any atom is -0.461 e. The predicted molar refractivity (Wildman–Crippen MR) is 142 cm³/mol. The summed E-state index contributed by atoms with van der Waals surface area (Å²) in [5, 5.41) is 11.3. The molecule has 0 unspecified atom stereocenters. The molecule has 11 heteroatoms. The van der Waals surface area contributed by atoms with Gasteiger partial charge in [0, 0.05) is 33.1 Å². The highest BCUT2D eigenvalue weighted by atomic mass is 16.7. The number of ether oxygens (including phenoxy) is 5. The zero-order valence-corrected chi connectivity index (χ0v) is 24.8. The normalized spacial score (nSPS) is 42.6. The summed E-state index contributed by atoms with van der Waals surface area (Å²) in [4.78, 5) is 64.7. The van der Waals surface area contributed by atoms with Crippen LogP contribution < -0.4 is 0 Å². The highest BCUT2D eigenvalue weighted by Crippen LogP contribution is 2.65. The minimum atomic E-state index is -1.54. The van der Waals surface area contributed by atoms with Gasteiger partial charge in [0.25, 0.3) is 0 Å². The van der Waals surface area contributed by atoms with E-state index in [1.165, 1.54) is 26.8 Å². The molecule has 2 aliphatic heterocycles. The Kier molecular flexibility index (Phi) is 8.03. The largest absolute Gasteiger partial charge is 0.461 e. The van der Waals surface area contributed by atoms with E-state index in [-0.39, 0.29) is 18.6 Å². The molecule has 0 aromatic carbocycles. The number of aliphatic hydroxyl groups excluding tert-OH is 1. The lowest BCUT2D eigenvalue weighted by atomic mass is 9.54. The van der Waals surface area contributed by atoms with Gasteiger partial charge in [-0.1, -0.05) is 31.1 Å². The van der Waals surface area contributed by atoms with Gasteiger partial charge in [-0.2, -0.15) is 0 Å². The summed E-state index contributed by atoms with van der Waals surface area (Å²) in [6, 6.07) is 0. The fourth-order valence-corrected chi connectivity index (χ4v) is 7.48. The van der Waals surface area contributed by atoms with E-state index in [0.29, 0.717) is 17.6 Å². The van der Waals surface area contributed by atoms with Crippen LogP contribution in [0.2, 0.25) is 0 Å². The number of esters is 4. The van der Waals surface area contributed by atoms with Gasteiger partial charge < -0.3 is 28.8 Å². The number of hydrogen-bond acceptors (Lipinski definition) is 11. The third kappa shape index (κ3) is 4.80. The molecule has 2 heterocycles. The van der Waals surface area contributed by atoms with E-state index < -0.39 is 82.8 Å². The van der Waals surface area contributed by atoms with E-state index in [1.54, 1.807) is 33.8 Å². The molecule has 0 aromatic heterocycles. The first-order valence-corrected chi connectivity index (χ1v) is 14.0. The Morgan fingerprint density at radius 2 is 1.51 bits per heavy atom. The molecule has 2 aliphatic carbocycles. The Morgan fingerprint density at radius 3 is 2.05 bits per heavy atom. The number of hydrogen-bond donors (Lipinski definition) is 1. The lowest BCUT2D eigenvalue weighted by Gasteiger charge is -2.55. The molecule has 0 bridgehead atoms. The van der Waals surface area contributed by atoms with Crippen LogP contribution in [-0.4, -0.2) is 76.5 Å². The van der Waals surface area contributed by atoms with E-state index in [9.17, 15) is 29.1 Å². The van der Waals surface area contributed by atoms with Crippen molar-refractivity contribution >= 4 is 29.7 Å². The molecular formula is C30H40O11. The van der Waals surface area contributed by atoms with Gasteiger partial charge in [-0.3, -0.25) is 19.2 Å². The van der Waals surface area contributed by atoms with Gasteiger partial charge in [0.2, 0.25) is 0 Å². The van der Waals surface area contributed by atoms with E-state index in [0.717, 1.165) is 0 Å². The average molecular weight is 577 g/mol. The molecule has 1 spiro atoms. The molecule has 2 saturated heterocycles. The number of fused-ring (bicyclic) bond motifs is 1. The smallest absolute Gasteiger partial charge is 0.342 e. The maximum atomic E-state index is 13.8.